The molecule has 0 saturated carbocycles. The third-order valence-electron chi connectivity index (χ3n) is 3.37. The molecule has 22 heavy (non-hydrogen) atoms. The number of nitrogens with two attached hydrogens (primary N) is 1. The van der Waals surface area contributed by atoms with Crippen LogP contribution in [0.15, 0.2) is 42.5 Å². The average Bonchev–Trinajstić information content (AvgIpc) is 2.49. The lowest BCUT2D eigenvalue weighted by Gasteiger charge is -2.25. The Hall–Kier alpha value is -2.56. The minimum atomic E-state index is -0.535. The van der Waals surface area contributed by atoms with Crippen LogP contribution in [-0.4, -0.2) is 35.9 Å². The van der Waals surface area contributed by atoms with Crippen molar-refractivity contribution in [2.45, 2.75) is 19.9 Å². The van der Waals surface area contributed by atoms with Gasteiger partial charge in [0, 0.05) is 11.4 Å². The van der Waals surface area contributed by atoms with E-state index in [1.165, 1.54) is 4.90 Å². The summed E-state index contributed by atoms with van der Waals surface area (Å²) in [6, 6.07) is 13.4. The number of ether oxygens (including phenoxy) is 1. The van der Waals surface area contributed by atoms with Gasteiger partial charge in [-0.2, -0.15) is 0 Å². The van der Waals surface area contributed by atoms with Crippen molar-refractivity contribution in [2.75, 3.05) is 13.2 Å². The van der Waals surface area contributed by atoms with Gasteiger partial charge in [0.25, 0.3) is 5.91 Å². The number of hydrogen-bond acceptors (Lipinski definition) is 3. The Morgan fingerprint density at radius 3 is 2.50 bits per heavy atom. The first-order valence-corrected chi connectivity index (χ1v) is 7.17. The molecule has 0 radical (unpaired) electrons. The Labute approximate surface area is 129 Å². The number of carbonyl (C=O) groups excluding carboxylic acids is 2. The van der Waals surface area contributed by atoms with Gasteiger partial charge in [-0.15, -0.1) is 0 Å². The highest BCUT2D eigenvalue weighted by molar-refractivity contribution is 5.89. The molecule has 0 aliphatic heterocycles. The SMILES string of the molecule is CC(C)N(CC(N)=O)C(=O)COc1cccc2ccccc12. The number of carbonyl (C=O) groups is 2. The van der Waals surface area contributed by atoms with Crippen LogP contribution < -0.4 is 10.5 Å². The molecule has 0 unspecified atom stereocenters. The maximum absolute atomic E-state index is 12.2. The fourth-order valence-corrected chi connectivity index (χ4v) is 2.27. The summed E-state index contributed by atoms with van der Waals surface area (Å²) in [7, 11) is 0. The summed E-state index contributed by atoms with van der Waals surface area (Å²) in [5, 5.41) is 1.99. The molecule has 2 aromatic rings. The van der Waals surface area contributed by atoms with Crippen LogP contribution >= 0.6 is 0 Å². The van der Waals surface area contributed by atoms with E-state index < -0.39 is 5.91 Å². The van der Waals surface area contributed by atoms with Crippen molar-refractivity contribution in [2.24, 2.45) is 5.73 Å². The first-order valence-electron chi connectivity index (χ1n) is 7.17. The van der Waals surface area contributed by atoms with Crippen LogP contribution in [0.5, 0.6) is 5.75 Å². The number of primary amides is 1. The van der Waals surface area contributed by atoms with E-state index in [2.05, 4.69) is 0 Å². The zero-order valence-electron chi connectivity index (χ0n) is 12.8. The van der Waals surface area contributed by atoms with Crippen LogP contribution in [0.25, 0.3) is 10.8 Å². The average molecular weight is 300 g/mol. The van der Waals surface area contributed by atoms with E-state index in [-0.39, 0.29) is 25.1 Å². The fraction of sp³-hybridized carbons (Fsp3) is 0.294. The van der Waals surface area contributed by atoms with E-state index in [1.54, 1.807) is 0 Å². The van der Waals surface area contributed by atoms with Gasteiger partial charge >= 0.3 is 0 Å². The normalized spacial score (nSPS) is 10.7. The van der Waals surface area contributed by atoms with E-state index in [0.717, 1.165) is 10.8 Å². The lowest BCUT2D eigenvalue weighted by atomic mass is 10.1. The van der Waals surface area contributed by atoms with Crippen LogP contribution in [0.3, 0.4) is 0 Å². The minimum absolute atomic E-state index is 0.102. The summed E-state index contributed by atoms with van der Waals surface area (Å²) < 4.78 is 5.65. The zero-order valence-corrected chi connectivity index (χ0v) is 12.8. The Morgan fingerprint density at radius 2 is 1.82 bits per heavy atom. The fourth-order valence-electron chi connectivity index (χ4n) is 2.27. The molecule has 5 nitrogen and oxygen atoms in total. The van der Waals surface area contributed by atoms with Crippen molar-refractivity contribution in [3.63, 3.8) is 0 Å². The zero-order chi connectivity index (χ0) is 16.1. The van der Waals surface area contributed by atoms with Gasteiger partial charge < -0.3 is 15.4 Å². The van der Waals surface area contributed by atoms with Crippen LogP contribution in [-0.2, 0) is 9.59 Å². The van der Waals surface area contributed by atoms with Gasteiger partial charge in [-0.25, -0.2) is 0 Å². The lowest BCUT2D eigenvalue weighted by Crippen LogP contribution is -2.44. The highest BCUT2D eigenvalue weighted by atomic mass is 16.5. The van der Waals surface area contributed by atoms with E-state index in [4.69, 9.17) is 10.5 Å². The number of amides is 2. The summed E-state index contributed by atoms with van der Waals surface area (Å²) >= 11 is 0. The predicted molar refractivity (Wildman–Crippen MR) is 85.5 cm³/mol. The standard InChI is InChI=1S/C17H20N2O3/c1-12(2)19(10-16(18)20)17(21)11-22-15-9-5-7-13-6-3-4-8-14(13)15/h3-9,12H,10-11H2,1-2H3,(H2,18,20). The molecule has 2 aromatic carbocycles. The highest BCUT2D eigenvalue weighted by Crippen LogP contribution is 2.25. The third-order valence-corrected chi connectivity index (χ3v) is 3.37. The van der Waals surface area contributed by atoms with E-state index in [9.17, 15) is 9.59 Å². The van der Waals surface area contributed by atoms with Crippen LogP contribution in [0.2, 0.25) is 0 Å². The van der Waals surface area contributed by atoms with Gasteiger partial charge in [-0.05, 0) is 25.3 Å². The third kappa shape index (κ3) is 3.75. The molecule has 0 spiro atoms. The predicted octanol–water partition coefficient (Wildman–Crippen LogP) is 1.94. The molecule has 5 heteroatoms. The lowest BCUT2D eigenvalue weighted by molar-refractivity contribution is -0.138. The molecule has 116 valence electrons. The van der Waals surface area contributed by atoms with Gasteiger partial charge in [0.15, 0.2) is 6.61 Å². The van der Waals surface area contributed by atoms with Crippen molar-refractivity contribution in [3.8, 4) is 5.75 Å². The van der Waals surface area contributed by atoms with Crippen LogP contribution in [0.4, 0.5) is 0 Å². The Bertz CT molecular complexity index is 677. The van der Waals surface area contributed by atoms with Crippen molar-refractivity contribution in [3.05, 3.63) is 42.5 Å². The summed E-state index contributed by atoms with van der Waals surface area (Å²) in [5.74, 6) is -0.150. The van der Waals surface area contributed by atoms with Gasteiger partial charge in [0.2, 0.25) is 5.91 Å². The van der Waals surface area contributed by atoms with Gasteiger partial charge in [0.05, 0.1) is 6.54 Å². The number of nitrogens with zero attached hydrogens (tertiary/aromatic N) is 1. The molecule has 0 aliphatic carbocycles. The van der Waals surface area contributed by atoms with Crippen molar-refractivity contribution < 1.29 is 14.3 Å². The molecule has 0 aliphatic rings. The van der Waals surface area contributed by atoms with Crippen molar-refractivity contribution >= 4 is 22.6 Å². The topological polar surface area (TPSA) is 72.6 Å². The number of rotatable bonds is 6. The second-order valence-electron chi connectivity index (χ2n) is 5.35. The summed E-state index contributed by atoms with van der Waals surface area (Å²) in [5.41, 5.74) is 5.18. The molecule has 0 aromatic heterocycles. The maximum Gasteiger partial charge on any atom is 0.261 e. The van der Waals surface area contributed by atoms with E-state index >= 15 is 0 Å². The Balaban J connectivity index is 2.10. The van der Waals surface area contributed by atoms with Crippen LogP contribution in [0.1, 0.15) is 13.8 Å². The Kier molecular flexibility index (Phi) is 4.99. The number of fused-ring (bicyclic) bond motifs is 1. The second kappa shape index (κ2) is 6.93. The molecule has 0 bridgehead atoms. The van der Waals surface area contributed by atoms with E-state index in [1.807, 2.05) is 56.3 Å². The summed E-state index contributed by atoms with van der Waals surface area (Å²) in [6.07, 6.45) is 0. The first kappa shape index (κ1) is 15.8. The molecule has 2 amide bonds. The highest BCUT2D eigenvalue weighted by Gasteiger charge is 2.19. The van der Waals surface area contributed by atoms with Gasteiger partial charge in [0.1, 0.15) is 5.75 Å². The minimum Gasteiger partial charge on any atom is -0.483 e. The van der Waals surface area contributed by atoms with Crippen LogP contribution in [0, 0.1) is 0 Å². The number of hydrogen-bond donors (Lipinski definition) is 1. The molecule has 2 rings (SSSR count). The number of benzene rings is 2. The molecule has 0 atom stereocenters. The summed E-state index contributed by atoms with van der Waals surface area (Å²) in [6.45, 7) is 3.44. The van der Waals surface area contributed by atoms with E-state index in [0.29, 0.717) is 5.75 Å². The molecule has 0 fully saturated rings. The van der Waals surface area contributed by atoms with Crippen molar-refractivity contribution in [1.82, 2.24) is 4.90 Å². The monoisotopic (exact) mass is 300 g/mol. The largest absolute Gasteiger partial charge is 0.483 e. The molecular formula is C17H20N2O3. The molecule has 2 N–H and O–H groups in total. The molecular weight excluding hydrogens is 280 g/mol. The van der Waals surface area contributed by atoms with Gasteiger partial charge in [-0.3, -0.25) is 9.59 Å². The Morgan fingerprint density at radius 1 is 1.14 bits per heavy atom. The summed E-state index contributed by atoms with van der Waals surface area (Å²) in [4.78, 5) is 24.7. The quantitative estimate of drug-likeness (QED) is 0.886. The molecule has 0 saturated heterocycles. The van der Waals surface area contributed by atoms with Gasteiger partial charge in [-0.1, -0.05) is 36.4 Å². The smallest absolute Gasteiger partial charge is 0.261 e. The maximum atomic E-state index is 12.2. The molecule has 0 heterocycles. The second-order valence-corrected chi connectivity index (χ2v) is 5.35. The van der Waals surface area contributed by atoms with Crippen molar-refractivity contribution in [1.29, 1.82) is 0 Å². The first-order chi connectivity index (χ1) is 10.5.